The van der Waals surface area contributed by atoms with Gasteiger partial charge in [0.2, 0.25) is 0 Å². The first-order valence-corrected chi connectivity index (χ1v) is 17.7. The summed E-state index contributed by atoms with van der Waals surface area (Å²) < 4.78 is 0. The van der Waals surface area contributed by atoms with Gasteiger partial charge in [-0.05, 0) is 18.1 Å². The molecule has 0 bridgehead atoms. The van der Waals surface area contributed by atoms with Crippen molar-refractivity contribution in [1.82, 2.24) is 0 Å². The maximum atomic E-state index is 4.24. The standard InChI is InChI=1S/C24H48Si2/c1-7-13-16-22-25(19-10-4,20-11-5)26(21-12-6,23-17-14-8-2)24-18-15-9-3/h10-12H,4-9,13-24H2,1-3H3. The lowest BCUT2D eigenvalue weighted by Gasteiger charge is -2.49. The van der Waals surface area contributed by atoms with Crippen LogP contribution in [0.25, 0.3) is 0 Å². The highest BCUT2D eigenvalue weighted by molar-refractivity contribution is 7.43. The summed E-state index contributed by atoms with van der Waals surface area (Å²) in [5.41, 5.74) is 0. The van der Waals surface area contributed by atoms with Crippen molar-refractivity contribution in [2.45, 2.75) is 115 Å². The highest BCUT2D eigenvalue weighted by Crippen LogP contribution is 2.43. The van der Waals surface area contributed by atoms with Crippen LogP contribution in [0.15, 0.2) is 38.0 Å². The molecule has 0 aromatic heterocycles. The molecule has 0 aliphatic rings. The van der Waals surface area contributed by atoms with E-state index in [-0.39, 0.29) is 0 Å². The quantitative estimate of drug-likeness (QED) is 0.117. The van der Waals surface area contributed by atoms with Crippen LogP contribution in [0.5, 0.6) is 0 Å². The van der Waals surface area contributed by atoms with E-state index in [1.807, 2.05) is 0 Å². The third-order valence-corrected chi connectivity index (χ3v) is 26.7. The maximum Gasteiger partial charge on any atom is 0.0555 e. The number of hydrogen-bond acceptors (Lipinski definition) is 0. The Kier molecular flexibility index (Phi) is 15.5. The largest absolute Gasteiger partial charge is 0.103 e. The number of allylic oxidation sites excluding steroid dienone is 3. The van der Waals surface area contributed by atoms with Gasteiger partial charge in [0.05, 0.1) is 15.2 Å². The summed E-state index contributed by atoms with van der Waals surface area (Å²) in [7, 11) is -2.77. The molecule has 2 heteroatoms. The van der Waals surface area contributed by atoms with Crippen LogP contribution >= 0.6 is 0 Å². The average Bonchev–Trinajstić information content (AvgIpc) is 2.62. The number of rotatable bonds is 19. The normalized spacial score (nSPS) is 12.1. The van der Waals surface area contributed by atoms with Gasteiger partial charge in [-0.25, -0.2) is 0 Å². The summed E-state index contributed by atoms with van der Waals surface area (Å²) in [6, 6.07) is 8.58. The predicted molar refractivity (Wildman–Crippen MR) is 130 cm³/mol. The minimum atomic E-state index is -1.40. The molecule has 0 amide bonds. The van der Waals surface area contributed by atoms with E-state index in [9.17, 15) is 0 Å². The fourth-order valence-corrected chi connectivity index (χ4v) is 25.2. The lowest BCUT2D eigenvalue weighted by molar-refractivity contribution is 0.737. The summed E-state index contributed by atoms with van der Waals surface area (Å²) in [5, 5.41) is 0. The molecule has 0 spiro atoms. The Morgan fingerprint density at radius 2 is 0.808 bits per heavy atom. The van der Waals surface area contributed by atoms with Crippen molar-refractivity contribution in [3.63, 3.8) is 0 Å². The van der Waals surface area contributed by atoms with Crippen molar-refractivity contribution in [2.75, 3.05) is 0 Å². The van der Waals surface area contributed by atoms with Crippen LogP contribution in [0.3, 0.4) is 0 Å². The van der Waals surface area contributed by atoms with Gasteiger partial charge >= 0.3 is 0 Å². The molecule has 0 nitrogen and oxygen atoms in total. The maximum absolute atomic E-state index is 4.24. The van der Waals surface area contributed by atoms with Crippen LogP contribution in [0.2, 0.25) is 36.3 Å². The third-order valence-electron chi connectivity index (χ3n) is 6.51. The van der Waals surface area contributed by atoms with Crippen molar-refractivity contribution in [3.05, 3.63) is 38.0 Å². The van der Waals surface area contributed by atoms with Crippen LogP contribution in [0.4, 0.5) is 0 Å². The molecule has 0 saturated heterocycles. The number of unbranched alkanes of at least 4 members (excludes halogenated alkanes) is 6. The van der Waals surface area contributed by atoms with Gasteiger partial charge in [-0.15, -0.1) is 19.7 Å². The minimum absolute atomic E-state index is 1.32. The molecular weight excluding hydrogens is 344 g/mol. The summed E-state index contributed by atoms with van der Waals surface area (Å²) in [5.74, 6) is 0. The van der Waals surface area contributed by atoms with Gasteiger partial charge in [0.1, 0.15) is 0 Å². The summed E-state index contributed by atoms with van der Waals surface area (Å²) in [4.78, 5) is 0. The van der Waals surface area contributed by atoms with Gasteiger partial charge in [-0.3, -0.25) is 0 Å². The lowest BCUT2D eigenvalue weighted by atomic mass is 10.3. The second-order valence-corrected chi connectivity index (χ2v) is 22.6. The van der Waals surface area contributed by atoms with Crippen molar-refractivity contribution in [2.24, 2.45) is 0 Å². The second kappa shape index (κ2) is 15.7. The van der Waals surface area contributed by atoms with Gasteiger partial charge in [0.15, 0.2) is 0 Å². The zero-order valence-corrected chi connectivity index (χ0v) is 20.5. The van der Waals surface area contributed by atoms with E-state index in [2.05, 4.69) is 58.7 Å². The average molecular weight is 393 g/mol. The SMILES string of the molecule is C=CC[Si](CC=C)(CCCCC)[Si](CC=C)(CCCCC)CCCCC. The zero-order valence-electron chi connectivity index (χ0n) is 18.5. The minimum Gasteiger partial charge on any atom is -0.103 e. The fraction of sp³-hybridized carbons (Fsp3) is 0.750. The predicted octanol–water partition coefficient (Wildman–Crippen LogP) is 9.09. The highest BCUT2D eigenvalue weighted by Gasteiger charge is 2.50. The molecule has 0 fully saturated rings. The Bertz CT molecular complexity index is 352. The lowest BCUT2D eigenvalue weighted by Crippen LogP contribution is -2.62. The summed E-state index contributed by atoms with van der Waals surface area (Å²) in [6.07, 6.45) is 19.4. The Labute approximate surface area is 168 Å². The van der Waals surface area contributed by atoms with E-state index >= 15 is 0 Å². The van der Waals surface area contributed by atoms with Crippen LogP contribution in [-0.2, 0) is 0 Å². The Morgan fingerprint density at radius 1 is 0.500 bits per heavy atom. The first kappa shape index (κ1) is 25.7. The topological polar surface area (TPSA) is 0 Å². The molecule has 0 aliphatic heterocycles. The van der Waals surface area contributed by atoms with E-state index in [4.69, 9.17) is 0 Å². The Morgan fingerprint density at radius 3 is 1.12 bits per heavy atom. The molecular formula is C24H48Si2. The van der Waals surface area contributed by atoms with Gasteiger partial charge in [-0.2, -0.15) is 0 Å². The number of hydrogen-bond donors (Lipinski definition) is 0. The summed E-state index contributed by atoms with van der Waals surface area (Å²) in [6.45, 7) is 19.7. The molecule has 152 valence electrons. The molecule has 0 rings (SSSR count). The molecule has 0 atom stereocenters. The van der Waals surface area contributed by atoms with Crippen LogP contribution in [0.1, 0.15) is 78.6 Å². The first-order valence-electron chi connectivity index (χ1n) is 11.4. The molecule has 0 saturated carbocycles. The molecule has 26 heavy (non-hydrogen) atoms. The van der Waals surface area contributed by atoms with Crippen molar-refractivity contribution in [3.8, 4) is 0 Å². The van der Waals surface area contributed by atoms with Gasteiger partial charge < -0.3 is 0 Å². The Balaban J connectivity index is 5.87. The monoisotopic (exact) mass is 392 g/mol. The summed E-state index contributed by atoms with van der Waals surface area (Å²) >= 11 is 0. The molecule has 0 heterocycles. The van der Waals surface area contributed by atoms with E-state index in [1.54, 1.807) is 0 Å². The van der Waals surface area contributed by atoms with Crippen molar-refractivity contribution < 1.29 is 0 Å². The first-order chi connectivity index (χ1) is 12.6. The van der Waals surface area contributed by atoms with Crippen LogP contribution in [-0.4, -0.2) is 15.2 Å². The second-order valence-electron chi connectivity index (χ2n) is 8.41. The molecule has 0 unspecified atom stereocenters. The van der Waals surface area contributed by atoms with Crippen LogP contribution in [0, 0.1) is 0 Å². The van der Waals surface area contributed by atoms with E-state index in [0.717, 1.165) is 0 Å². The third kappa shape index (κ3) is 8.12. The molecule has 0 aromatic rings. The zero-order chi connectivity index (χ0) is 19.7. The van der Waals surface area contributed by atoms with E-state index in [0.29, 0.717) is 0 Å². The Hall–Kier alpha value is -0.346. The van der Waals surface area contributed by atoms with Gasteiger partial charge in [0, 0.05) is 0 Å². The molecule has 0 aliphatic carbocycles. The van der Waals surface area contributed by atoms with Crippen molar-refractivity contribution in [1.29, 1.82) is 0 Å². The molecule has 0 N–H and O–H groups in total. The van der Waals surface area contributed by atoms with Gasteiger partial charge in [0.25, 0.3) is 0 Å². The molecule has 0 aromatic carbocycles. The smallest absolute Gasteiger partial charge is 0.0555 e. The fourth-order valence-electron chi connectivity index (χ4n) is 5.03. The van der Waals surface area contributed by atoms with Gasteiger partial charge in [-0.1, -0.05) is 115 Å². The van der Waals surface area contributed by atoms with Crippen LogP contribution < -0.4 is 0 Å². The van der Waals surface area contributed by atoms with E-state index in [1.165, 1.54) is 94.1 Å². The molecule has 0 radical (unpaired) electrons. The van der Waals surface area contributed by atoms with Crippen molar-refractivity contribution >= 4 is 15.2 Å². The van der Waals surface area contributed by atoms with E-state index < -0.39 is 15.2 Å². The highest BCUT2D eigenvalue weighted by atomic mass is 29.3.